The molecule has 0 N–H and O–H groups in total. The SMILES string of the molecule is CCOCC(=O)N1C[C@H](C)C[C@@H]1c1ccccc1F. The summed E-state index contributed by atoms with van der Waals surface area (Å²) in [5.74, 6) is 0.0884. The number of ether oxygens (including phenoxy) is 1. The maximum Gasteiger partial charge on any atom is 0.249 e. The number of benzene rings is 1. The molecule has 1 amide bonds. The van der Waals surface area contributed by atoms with E-state index < -0.39 is 0 Å². The zero-order valence-corrected chi connectivity index (χ0v) is 11.4. The Balaban J connectivity index is 2.18. The third-order valence-electron chi connectivity index (χ3n) is 3.52. The molecule has 104 valence electrons. The minimum absolute atomic E-state index is 0.0561. The highest BCUT2D eigenvalue weighted by atomic mass is 19.1. The molecule has 2 atom stereocenters. The van der Waals surface area contributed by atoms with E-state index in [9.17, 15) is 9.18 Å². The summed E-state index contributed by atoms with van der Waals surface area (Å²) in [5, 5.41) is 0. The number of halogens is 1. The third-order valence-corrected chi connectivity index (χ3v) is 3.52. The predicted octanol–water partition coefficient (Wildman–Crippen LogP) is 2.77. The van der Waals surface area contributed by atoms with Crippen LogP contribution in [0.15, 0.2) is 24.3 Å². The number of hydrogen-bond donors (Lipinski definition) is 0. The predicted molar refractivity (Wildman–Crippen MR) is 71.1 cm³/mol. The number of carbonyl (C=O) groups is 1. The summed E-state index contributed by atoms with van der Waals surface area (Å²) < 4.78 is 19.1. The number of nitrogens with zero attached hydrogens (tertiary/aromatic N) is 1. The van der Waals surface area contributed by atoms with Crippen molar-refractivity contribution >= 4 is 5.91 Å². The van der Waals surface area contributed by atoms with Crippen molar-refractivity contribution in [1.29, 1.82) is 0 Å². The maximum atomic E-state index is 13.9. The summed E-state index contributed by atoms with van der Waals surface area (Å²) in [6.45, 7) is 5.20. The molecule has 1 aromatic rings. The van der Waals surface area contributed by atoms with Crippen LogP contribution in [0.5, 0.6) is 0 Å². The Labute approximate surface area is 113 Å². The van der Waals surface area contributed by atoms with Crippen molar-refractivity contribution < 1.29 is 13.9 Å². The molecule has 1 fully saturated rings. The van der Waals surface area contributed by atoms with Gasteiger partial charge in [-0.05, 0) is 25.3 Å². The molecule has 1 heterocycles. The van der Waals surface area contributed by atoms with E-state index >= 15 is 0 Å². The van der Waals surface area contributed by atoms with Crippen molar-refractivity contribution in [2.45, 2.75) is 26.3 Å². The quantitative estimate of drug-likeness (QED) is 0.837. The van der Waals surface area contributed by atoms with E-state index in [1.165, 1.54) is 6.07 Å². The average molecular weight is 265 g/mol. The van der Waals surface area contributed by atoms with Gasteiger partial charge in [0.25, 0.3) is 0 Å². The summed E-state index contributed by atoms with van der Waals surface area (Å²) >= 11 is 0. The lowest BCUT2D eigenvalue weighted by molar-refractivity contribution is -0.137. The second-order valence-corrected chi connectivity index (χ2v) is 5.06. The van der Waals surface area contributed by atoms with Gasteiger partial charge in [0.05, 0.1) is 6.04 Å². The van der Waals surface area contributed by atoms with Gasteiger partial charge in [-0.1, -0.05) is 25.1 Å². The summed E-state index contributed by atoms with van der Waals surface area (Å²) in [6, 6.07) is 6.53. The molecule has 1 aliphatic heterocycles. The molecule has 0 unspecified atom stereocenters. The van der Waals surface area contributed by atoms with Gasteiger partial charge in [-0.2, -0.15) is 0 Å². The number of carbonyl (C=O) groups excluding carboxylic acids is 1. The molecule has 1 aromatic carbocycles. The monoisotopic (exact) mass is 265 g/mol. The minimum Gasteiger partial charge on any atom is -0.372 e. The summed E-state index contributed by atoms with van der Waals surface area (Å²) in [5.41, 5.74) is 0.608. The smallest absolute Gasteiger partial charge is 0.249 e. The van der Waals surface area contributed by atoms with Crippen LogP contribution in [0.25, 0.3) is 0 Å². The minimum atomic E-state index is -0.240. The Morgan fingerprint density at radius 1 is 1.47 bits per heavy atom. The molecule has 0 saturated carbocycles. The van der Waals surface area contributed by atoms with Crippen molar-refractivity contribution in [3.05, 3.63) is 35.6 Å². The number of hydrogen-bond acceptors (Lipinski definition) is 2. The van der Waals surface area contributed by atoms with Gasteiger partial charge in [-0.3, -0.25) is 4.79 Å². The normalized spacial score (nSPS) is 22.8. The van der Waals surface area contributed by atoms with Crippen molar-refractivity contribution in [1.82, 2.24) is 4.90 Å². The van der Waals surface area contributed by atoms with Crippen LogP contribution >= 0.6 is 0 Å². The largest absolute Gasteiger partial charge is 0.372 e. The van der Waals surface area contributed by atoms with Gasteiger partial charge in [0, 0.05) is 18.7 Å². The average Bonchev–Trinajstić information content (AvgIpc) is 2.78. The number of amides is 1. The van der Waals surface area contributed by atoms with Crippen molar-refractivity contribution in [3.63, 3.8) is 0 Å². The van der Waals surface area contributed by atoms with E-state index in [1.54, 1.807) is 17.0 Å². The lowest BCUT2D eigenvalue weighted by Gasteiger charge is -2.25. The molecule has 0 radical (unpaired) electrons. The topological polar surface area (TPSA) is 29.5 Å². The van der Waals surface area contributed by atoms with Crippen molar-refractivity contribution in [2.24, 2.45) is 5.92 Å². The first-order valence-electron chi connectivity index (χ1n) is 6.75. The summed E-state index contributed by atoms with van der Waals surface area (Å²) in [6.07, 6.45) is 0.804. The molecule has 1 saturated heterocycles. The number of likely N-dealkylation sites (tertiary alicyclic amines) is 1. The first-order chi connectivity index (χ1) is 9.13. The third kappa shape index (κ3) is 3.13. The zero-order valence-electron chi connectivity index (χ0n) is 11.4. The molecular formula is C15H20FNO2. The lowest BCUT2D eigenvalue weighted by Crippen LogP contribution is -2.34. The summed E-state index contributed by atoms with van der Waals surface area (Å²) in [4.78, 5) is 13.9. The highest BCUT2D eigenvalue weighted by Gasteiger charge is 2.35. The van der Waals surface area contributed by atoms with Crippen molar-refractivity contribution in [3.8, 4) is 0 Å². The van der Waals surface area contributed by atoms with E-state index in [0.29, 0.717) is 24.6 Å². The van der Waals surface area contributed by atoms with Crippen molar-refractivity contribution in [2.75, 3.05) is 19.8 Å². The highest BCUT2D eigenvalue weighted by molar-refractivity contribution is 5.78. The van der Waals surface area contributed by atoms with Crippen LogP contribution in [-0.2, 0) is 9.53 Å². The van der Waals surface area contributed by atoms with Gasteiger partial charge in [-0.15, -0.1) is 0 Å². The van der Waals surface area contributed by atoms with Gasteiger partial charge in [0.2, 0.25) is 5.91 Å². The molecule has 0 aromatic heterocycles. The van der Waals surface area contributed by atoms with E-state index in [2.05, 4.69) is 6.92 Å². The number of rotatable bonds is 4. The van der Waals surface area contributed by atoms with Gasteiger partial charge in [0.1, 0.15) is 12.4 Å². The van der Waals surface area contributed by atoms with Gasteiger partial charge in [0.15, 0.2) is 0 Å². The Kier molecular flexibility index (Phi) is 4.53. The standard InChI is InChI=1S/C15H20FNO2/c1-3-19-10-15(18)17-9-11(2)8-14(17)12-6-4-5-7-13(12)16/h4-7,11,14H,3,8-10H2,1-2H3/t11-,14-/m1/s1. The fourth-order valence-corrected chi connectivity index (χ4v) is 2.63. The Hall–Kier alpha value is -1.42. The second kappa shape index (κ2) is 6.15. The molecule has 0 bridgehead atoms. The van der Waals surface area contributed by atoms with E-state index in [0.717, 1.165) is 6.42 Å². The van der Waals surface area contributed by atoms with Crippen LogP contribution in [0.4, 0.5) is 4.39 Å². The molecule has 3 nitrogen and oxygen atoms in total. The molecule has 0 aliphatic carbocycles. The highest BCUT2D eigenvalue weighted by Crippen LogP contribution is 2.36. The molecule has 2 rings (SSSR count). The van der Waals surface area contributed by atoms with Crippen LogP contribution in [0.2, 0.25) is 0 Å². The van der Waals surface area contributed by atoms with Gasteiger partial charge in [-0.25, -0.2) is 4.39 Å². The molecule has 1 aliphatic rings. The fraction of sp³-hybridized carbons (Fsp3) is 0.533. The second-order valence-electron chi connectivity index (χ2n) is 5.06. The van der Waals surface area contributed by atoms with Gasteiger partial charge < -0.3 is 9.64 Å². The zero-order chi connectivity index (χ0) is 13.8. The van der Waals surface area contributed by atoms with Crippen LogP contribution in [0, 0.1) is 11.7 Å². The lowest BCUT2D eigenvalue weighted by atomic mass is 10.0. The molecule has 0 spiro atoms. The van der Waals surface area contributed by atoms with E-state index in [1.807, 2.05) is 13.0 Å². The Morgan fingerprint density at radius 2 is 2.21 bits per heavy atom. The van der Waals surface area contributed by atoms with Crippen LogP contribution in [0.1, 0.15) is 31.9 Å². The Morgan fingerprint density at radius 3 is 2.89 bits per heavy atom. The van der Waals surface area contributed by atoms with Crippen LogP contribution < -0.4 is 0 Å². The first-order valence-corrected chi connectivity index (χ1v) is 6.75. The molecule has 4 heteroatoms. The van der Waals surface area contributed by atoms with Crippen LogP contribution in [0.3, 0.4) is 0 Å². The fourth-order valence-electron chi connectivity index (χ4n) is 2.63. The summed E-state index contributed by atoms with van der Waals surface area (Å²) in [7, 11) is 0. The maximum absolute atomic E-state index is 13.9. The Bertz CT molecular complexity index is 450. The van der Waals surface area contributed by atoms with Gasteiger partial charge >= 0.3 is 0 Å². The van der Waals surface area contributed by atoms with Crippen LogP contribution in [-0.4, -0.2) is 30.6 Å². The first kappa shape index (κ1) is 14.0. The molecule has 19 heavy (non-hydrogen) atoms. The molecular weight excluding hydrogens is 245 g/mol. The van der Waals surface area contributed by atoms with E-state index in [4.69, 9.17) is 4.74 Å². The van der Waals surface area contributed by atoms with E-state index in [-0.39, 0.29) is 24.4 Å².